The molecule has 0 amide bonds. The van der Waals surface area contributed by atoms with E-state index in [1.807, 2.05) is 0 Å². The third kappa shape index (κ3) is 5.11. The lowest BCUT2D eigenvalue weighted by molar-refractivity contribution is -0.142. The number of hydrogen-bond donors (Lipinski definition) is 3. The molecule has 0 saturated heterocycles. The first kappa shape index (κ1) is 17.5. The molecule has 0 aromatic carbocycles. The molecule has 1 aliphatic carbocycles. The summed E-state index contributed by atoms with van der Waals surface area (Å²) in [5.74, 6) is -3.18. The van der Waals surface area contributed by atoms with Crippen LogP contribution in [0.5, 0.6) is 0 Å². The first-order valence-electron chi connectivity index (χ1n) is 6.75. The molecular weight excluding hydrogens is 303 g/mol. The van der Waals surface area contributed by atoms with Crippen LogP contribution in [0.2, 0.25) is 0 Å². The van der Waals surface area contributed by atoms with Gasteiger partial charge < -0.3 is 19.3 Å². The predicted octanol–water partition coefficient (Wildman–Crippen LogP) is 3.37. The van der Waals surface area contributed by atoms with Gasteiger partial charge in [-0.05, 0) is 19.3 Å². The van der Waals surface area contributed by atoms with Crippen molar-refractivity contribution in [3.8, 4) is 0 Å². The number of hydrogen-bond acceptors (Lipinski definition) is 5. The average molecular weight is 324 g/mol. The lowest BCUT2D eigenvalue weighted by Gasteiger charge is -2.29. The Morgan fingerprint density at radius 2 is 1.80 bits per heavy atom. The zero-order valence-corrected chi connectivity index (χ0v) is 12.9. The molecule has 0 aromatic rings. The van der Waals surface area contributed by atoms with Gasteiger partial charge in [-0.25, -0.2) is 0 Å². The fourth-order valence-electron chi connectivity index (χ4n) is 2.62. The maximum absolute atomic E-state index is 12.8. The largest absolute Gasteiger partial charge is 0.481 e. The van der Waals surface area contributed by atoms with E-state index in [0.29, 0.717) is 11.7 Å². The summed E-state index contributed by atoms with van der Waals surface area (Å²) in [7, 11) is 0. The normalized spacial score (nSPS) is 21.1. The van der Waals surface area contributed by atoms with Crippen molar-refractivity contribution >= 4 is 29.9 Å². The lowest BCUT2D eigenvalue weighted by atomic mass is 10.0. The Labute approximate surface area is 122 Å². The van der Waals surface area contributed by atoms with E-state index >= 15 is 0 Å². The Hall–Kier alpha value is -0.520. The molecule has 1 aliphatic rings. The van der Waals surface area contributed by atoms with Crippen LogP contribution in [0.4, 0.5) is 0 Å². The molecule has 0 heterocycles. The Bertz CT molecular complexity index is 393. The van der Waals surface area contributed by atoms with Gasteiger partial charge in [-0.2, -0.15) is 0 Å². The van der Waals surface area contributed by atoms with Gasteiger partial charge in [-0.3, -0.25) is 9.59 Å². The van der Waals surface area contributed by atoms with Crippen LogP contribution >= 0.6 is 18.0 Å². The highest BCUT2D eigenvalue weighted by atomic mass is 32.7. The zero-order chi connectivity index (χ0) is 15.2. The van der Waals surface area contributed by atoms with Gasteiger partial charge in [0, 0.05) is 18.2 Å². The number of carboxylic acid groups (broad SMARTS) is 2. The topological polar surface area (TPSA) is 112 Å². The Kier molecular flexibility index (Phi) is 7.06. The third-order valence-electron chi connectivity index (χ3n) is 3.80. The number of carboxylic acids is 2. The standard InChI is InChI=1S/C12H21O6PS/c13-11(14)7-6-9(12(15)16)8-19(17,20-18)10-4-2-1-3-5-10/h9-10,18H,1-8H2,(H,13,14)(H,15,16). The zero-order valence-electron chi connectivity index (χ0n) is 11.2. The molecular formula is C12H21O6PS. The molecule has 1 fully saturated rings. The Balaban J connectivity index is 2.73. The highest BCUT2D eigenvalue weighted by Gasteiger charge is 2.38. The fourth-order valence-corrected chi connectivity index (χ4v) is 7.00. The monoisotopic (exact) mass is 324 g/mol. The van der Waals surface area contributed by atoms with Gasteiger partial charge in [0.05, 0.1) is 17.6 Å². The molecule has 20 heavy (non-hydrogen) atoms. The van der Waals surface area contributed by atoms with E-state index < -0.39 is 24.2 Å². The van der Waals surface area contributed by atoms with E-state index in [1.165, 1.54) is 0 Å². The van der Waals surface area contributed by atoms with Gasteiger partial charge in [0.25, 0.3) is 0 Å². The summed E-state index contributed by atoms with van der Waals surface area (Å²) in [5.41, 5.74) is -0.141. The highest BCUT2D eigenvalue weighted by Crippen LogP contribution is 2.65. The maximum atomic E-state index is 12.8. The van der Waals surface area contributed by atoms with Crippen LogP contribution in [0.1, 0.15) is 44.9 Å². The van der Waals surface area contributed by atoms with E-state index in [0.717, 1.165) is 32.1 Å². The minimum Gasteiger partial charge on any atom is -0.481 e. The summed E-state index contributed by atoms with van der Waals surface area (Å²) in [6.07, 6.45) is 0.972. The van der Waals surface area contributed by atoms with Gasteiger partial charge in [0.2, 0.25) is 0 Å². The van der Waals surface area contributed by atoms with E-state index in [9.17, 15) is 18.7 Å². The summed E-state index contributed by atoms with van der Waals surface area (Å²) >= 11 is 0.304. The summed E-state index contributed by atoms with van der Waals surface area (Å²) < 4.78 is 22.2. The van der Waals surface area contributed by atoms with Crippen molar-refractivity contribution in [2.24, 2.45) is 5.92 Å². The second-order valence-electron chi connectivity index (χ2n) is 5.25. The number of carbonyl (C=O) groups is 2. The Morgan fingerprint density at radius 1 is 1.20 bits per heavy atom. The summed E-state index contributed by atoms with van der Waals surface area (Å²) in [6.45, 7) is 0. The number of aliphatic carboxylic acids is 2. The predicted molar refractivity (Wildman–Crippen MR) is 77.6 cm³/mol. The van der Waals surface area contributed by atoms with Crippen LogP contribution in [0.25, 0.3) is 0 Å². The van der Waals surface area contributed by atoms with Gasteiger partial charge in [0.1, 0.15) is 0 Å². The highest BCUT2D eigenvalue weighted by molar-refractivity contribution is 8.55. The van der Waals surface area contributed by atoms with Gasteiger partial charge in [0.15, 0.2) is 6.34 Å². The van der Waals surface area contributed by atoms with Crippen LogP contribution in [0, 0.1) is 5.92 Å². The van der Waals surface area contributed by atoms with Crippen LogP contribution in [-0.4, -0.2) is 38.5 Å². The summed E-state index contributed by atoms with van der Waals surface area (Å²) in [6, 6.07) is 0. The molecule has 116 valence electrons. The third-order valence-corrected chi connectivity index (χ3v) is 8.83. The van der Waals surface area contributed by atoms with Crippen molar-refractivity contribution in [2.45, 2.75) is 50.6 Å². The summed E-state index contributed by atoms with van der Waals surface area (Å²) in [5, 5.41) is 17.8. The molecule has 1 rings (SSSR count). The van der Waals surface area contributed by atoms with Gasteiger partial charge in [-0.1, -0.05) is 19.3 Å². The first-order chi connectivity index (χ1) is 9.39. The SMILES string of the molecule is O=C(O)CCC(CP(=O)(SO)C1CCCCC1)C(=O)O. The van der Waals surface area contributed by atoms with E-state index in [2.05, 4.69) is 0 Å². The molecule has 0 spiro atoms. The molecule has 0 aliphatic heterocycles. The van der Waals surface area contributed by atoms with Crippen molar-refractivity contribution in [3.05, 3.63) is 0 Å². The molecule has 0 bridgehead atoms. The van der Waals surface area contributed by atoms with Crippen molar-refractivity contribution in [2.75, 3.05) is 6.16 Å². The molecule has 1 saturated carbocycles. The van der Waals surface area contributed by atoms with Crippen molar-refractivity contribution in [1.82, 2.24) is 0 Å². The van der Waals surface area contributed by atoms with Crippen molar-refractivity contribution < 1.29 is 28.9 Å². The second-order valence-corrected chi connectivity index (χ2v) is 10.3. The van der Waals surface area contributed by atoms with Crippen LogP contribution in [0.3, 0.4) is 0 Å². The molecule has 2 unspecified atom stereocenters. The quantitative estimate of drug-likeness (QED) is 0.463. The molecule has 3 N–H and O–H groups in total. The van der Waals surface area contributed by atoms with Gasteiger partial charge >= 0.3 is 11.9 Å². The van der Waals surface area contributed by atoms with Crippen molar-refractivity contribution in [3.63, 3.8) is 0 Å². The molecule has 8 heteroatoms. The molecule has 0 aromatic heterocycles. The van der Waals surface area contributed by atoms with Gasteiger partial charge in [-0.15, -0.1) is 0 Å². The molecule has 2 atom stereocenters. The van der Waals surface area contributed by atoms with Crippen molar-refractivity contribution in [1.29, 1.82) is 0 Å². The molecule has 6 nitrogen and oxygen atoms in total. The average Bonchev–Trinajstić information content (AvgIpc) is 2.43. The Morgan fingerprint density at radius 3 is 2.25 bits per heavy atom. The smallest absolute Gasteiger partial charge is 0.307 e. The minimum absolute atomic E-state index is 0.0536. The first-order valence-corrected chi connectivity index (χ1v) is 10.1. The maximum Gasteiger partial charge on any atom is 0.307 e. The van der Waals surface area contributed by atoms with E-state index in [-0.39, 0.29) is 24.7 Å². The van der Waals surface area contributed by atoms with E-state index in [4.69, 9.17) is 10.2 Å². The summed E-state index contributed by atoms with van der Waals surface area (Å²) in [4.78, 5) is 21.7. The molecule has 0 radical (unpaired) electrons. The van der Waals surface area contributed by atoms with Crippen LogP contribution < -0.4 is 0 Å². The van der Waals surface area contributed by atoms with E-state index in [1.54, 1.807) is 0 Å². The van der Waals surface area contributed by atoms with Crippen LogP contribution in [0.15, 0.2) is 0 Å². The number of rotatable bonds is 8. The van der Waals surface area contributed by atoms with Crippen LogP contribution in [-0.2, 0) is 14.2 Å². The lowest BCUT2D eigenvalue weighted by Crippen LogP contribution is -2.23. The fraction of sp³-hybridized carbons (Fsp3) is 0.833. The minimum atomic E-state index is -3.05. The second kappa shape index (κ2) is 8.05.